The molecule has 0 spiro atoms. The topological polar surface area (TPSA) is 56.1 Å². The predicted molar refractivity (Wildman–Crippen MR) is 70.7 cm³/mol. The van der Waals surface area contributed by atoms with Crippen LogP contribution >= 0.6 is 0 Å². The lowest BCUT2D eigenvalue weighted by molar-refractivity contribution is -0.131. The highest BCUT2D eigenvalue weighted by Gasteiger charge is 2.14. The summed E-state index contributed by atoms with van der Waals surface area (Å²) in [5.74, 6) is -0.459. The number of rotatable bonds is 6. The lowest BCUT2D eigenvalue weighted by Crippen LogP contribution is -2.32. The Bertz CT molecular complexity index is 482. The molecule has 1 rings (SSSR count). The average Bonchev–Trinajstić information content (AvgIpc) is 2.43. The van der Waals surface area contributed by atoms with Gasteiger partial charge in [-0.3, -0.25) is 4.79 Å². The van der Waals surface area contributed by atoms with Gasteiger partial charge in [0.25, 0.3) is 0 Å². The largest absolute Gasteiger partial charge is 0.339 e. The number of nitrogens with zero attached hydrogens (tertiary/aromatic N) is 2. The molecule has 1 aromatic rings. The molecule has 0 bridgehead atoms. The summed E-state index contributed by atoms with van der Waals surface area (Å²) in [6.45, 7) is 3.22. The molecule has 0 radical (unpaired) electrons. The Labute approximate surface area is 112 Å². The molecule has 0 heterocycles. The van der Waals surface area contributed by atoms with Crippen LogP contribution in [0.1, 0.15) is 24.5 Å². The number of halogens is 1. The summed E-state index contributed by atoms with van der Waals surface area (Å²) in [4.78, 5) is 13.5. The van der Waals surface area contributed by atoms with Crippen molar-refractivity contribution in [1.29, 1.82) is 5.26 Å². The fraction of sp³-hybridized carbons (Fsp3) is 0.429. The number of carbonyl (C=O) groups is 1. The van der Waals surface area contributed by atoms with E-state index in [-0.39, 0.29) is 18.0 Å². The van der Waals surface area contributed by atoms with Crippen LogP contribution in [-0.4, -0.2) is 30.9 Å². The van der Waals surface area contributed by atoms with Gasteiger partial charge in [0.15, 0.2) is 0 Å². The van der Waals surface area contributed by atoms with E-state index >= 15 is 0 Å². The van der Waals surface area contributed by atoms with Crippen LogP contribution in [0.3, 0.4) is 0 Å². The van der Waals surface area contributed by atoms with Gasteiger partial charge in [-0.25, -0.2) is 4.39 Å². The van der Waals surface area contributed by atoms with Crippen molar-refractivity contribution in [3.8, 4) is 6.07 Å². The number of nitriles is 1. The van der Waals surface area contributed by atoms with E-state index < -0.39 is 5.82 Å². The summed E-state index contributed by atoms with van der Waals surface area (Å²) in [6.07, 6.45) is 0.391. The first-order valence-electron chi connectivity index (χ1n) is 6.23. The molecule has 102 valence electrons. The molecule has 0 unspecified atom stereocenters. The summed E-state index contributed by atoms with van der Waals surface area (Å²) >= 11 is 0. The number of hydrogen-bond acceptors (Lipinski definition) is 3. The molecule has 0 aromatic heterocycles. The molecule has 19 heavy (non-hydrogen) atoms. The first-order chi connectivity index (χ1) is 9.12. The molecule has 4 nitrogen and oxygen atoms in total. The summed E-state index contributed by atoms with van der Waals surface area (Å²) in [6, 6.07) is 6.20. The first kappa shape index (κ1) is 15.1. The van der Waals surface area contributed by atoms with Crippen LogP contribution in [0.2, 0.25) is 0 Å². The second-order valence-electron chi connectivity index (χ2n) is 4.18. The number of amides is 1. The Morgan fingerprint density at radius 1 is 1.53 bits per heavy atom. The van der Waals surface area contributed by atoms with E-state index in [1.54, 1.807) is 24.1 Å². The van der Waals surface area contributed by atoms with Crippen LogP contribution in [0.4, 0.5) is 4.39 Å². The van der Waals surface area contributed by atoms with Crippen molar-refractivity contribution >= 4 is 5.91 Å². The van der Waals surface area contributed by atoms with Gasteiger partial charge < -0.3 is 10.2 Å². The SMILES string of the molecule is CCN(Cc1ccc(C#N)cc1F)C(=O)CCNC. The van der Waals surface area contributed by atoms with Crippen LogP contribution in [-0.2, 0) is 11.3 Å². The van der Waals surface area contributed by atoms with Gasteiger partial charge in [-0.2, -0.15) is 5.26 Å². The van der Waals surface area contributed by atoms with Crippen molar-refractivity contribution in [3.63, 3.8) is 0 Å². The maximum atomic E-state index is 13.7. The molecule has 1 aromatic carbocycles. The zero-order chi connectivity index (χ0) is 14.3. The second kappa shape index (κ2) is 7.49. The predicted octanol–water partition coefficient (Wildman–Crippen LogP) is 1.66. The van der Waals surface area contributed by atoms with Crippen LogP contribution in [0, 0.1) is 17.1 Å². The second-order valence-corrected chi connectivity index (χ2v) is 4.18. The fourth-order valence-electron chi connectivity index (χ4n) is 1.72. The summed E-state index contributed by atoms with van der Waals surface area (Å²) in [5, 5.41) is 11.6. The zero-order valence-electron chi connectivity index (χ0n) is 11.2. The fourth-order valence-corrected chi connectivity index (χ4v) is 1.72. The molecule has 0 aliphatic carbocycles. The molecule has 0 aliphatic rings. The number of hydrogen-bond donors (Lipinski definition) is 1. The normalized spacial score (nSPS) is 10.0. The van der Waals surface area contributed by atoms with Crippen LogP contribution in [0.15, 0.2) is 18.2 Å². The van der Waals surface area contributed by atoms with Gasteiger partial charge in [-0.1, -0.05) is 6.07 Å². The van der Waals surface area contributed by atoms with E-state index in [2.05, 4.69) is 5.32 Å². The smallest absolute Gasteiger partial charge is 0.224 e. The highest BCUT2D eigenvalue weighted by Crippen LogP contribution is 2.13. The van der Waals surface area contributed by atoms with Gasteiger partial charge in [-0.15, -0.1) is 0 Å². The summed E-state index contributed by atoms with van der Waals surface area (Å²) in [7, 11) is 1.78. The van der Waals surface area contributed by atoms with Gasteiger partial charge in [0.1, 0.15) is 5.82 Å². The minimum atomic E-state index is -0.445. The minimum absolute atomic E-state index is 0.0133. The van der Waals surface area contributed by atoms with E-state index in [1.807, 2.05) is 13.0 Å². The number of benzene rings is 1. The molecular formula is C14H18FN3O. The molecular weight excluding hydrogens is 245 g/mol. The van der Waals surface area contributed by atoms with E-state index in [0.717, 1.165) is 0 Å². The van der Waals surface area contributed by atoms with E-state index in [0.29, 0.717) is 25.1 Å². The standard InChI is InChI=1S/C14H18FN3O/c1-3-18(14(19)6-7-17-2)10-12-5-4-11(9-16)8-13(12)15/h4-5,8,17H,3,6-7,10H2,1-2H3. The molecule has 0 saturated carbocycles. The zero-order valence-corrected chi connectivity index (χ0v) is 11.2. The highest BCUT2D eigenvalue weighted by atomic mass is 19.1. The monoisotopic (exact) mass is 263 g/mol. The molecule has 0 atom stereocenters. The Morgan fingerprint density at radius 3 is 2.79 bits per heavy atom. The minimum Gasteiger partial charge on any atom is -0.339 e. The molecule has 1 N–H and O–H groups in total. The number of carbonyl (C=O) groups excluding carboxylic acids is 1. The Morgan fingerprint density at radius 2 is 2.26 bits per heavy atom. The lowest BCUT2D eigenvalue weighted by atomic mass is 10.1. The van der Waals surface area contributed by atoms with E-state index in [1.165, 1.54) is 6.07 Å². The quantitative estimate of drug-likeness (QED) is 0.849. The third kappa shape index (κ3) is 4.34. The van der Waals surface area contributed by atoms with Crippen LogP contribution in [0.5, 0.6) is 0 Å². The Balaban J connectivity index is 2.76. The van der Waals surface area contributed by atoms with Crippen molar-refractivity contribution in [1.82, 2.24) is 10.2 Å². The molecule has 1 amide bonds. The maximum Gasteiger partial charge on any atom is 0.224 e. The van der Waals surface area contributed by atoms with Crippen molar-refractivity contribution in [2.45, 2.75) is 19.9 Å². The van der Waals surface area contributed by atoms with Crippen LogP contribution in [0.25, 0.3) is 0 Å². The highest BCUT2D eigenvalue weighted by molar-refractivity contribution is 5.76. The average molecular weight is 263 g/mol. The van der Waals surface area contributed by atoms with E-state index in [4.69, 9.17) is 5.26 Å². The van der Waals surface area contributed by atoms with Crippen LogP contribution < -0.4 is 5.32 Å². The van der Waals surface area contributed by atoms with Gasteiger partial charge in [0.05, 0.1) is 11.6 Å². The van der Waals surface area contributed by atoms with Gasteiger partial charge in [-0.05, 0) is 26.1 Å². The summed E-state index contributed by atoms with van der Waals surface area (Å²) in [5.41, 5.74) is 0.712. The van der Waals surface area contributed by atoms with Gasteiger partial charge in [0.2, 0.25) is 5.91 Å². The van der Waals surface area contributed by atoms with E-state index in [9.17, 15) is 9.18 Å². The lowest BCUT2D eigenvalue weighted by Gasteiger charge is -2.21. The molecule has 5 heteroatoms. The third-order valence-corrected chi connectivity index (χ3v) is 2.87. The van der Waals surface area contributed by atoms with Gasteiger partial charge in [0, 0.05) is 31.6 Å². The van der Waals surface area contributed by atoms with Crippen molar-refractivity contribution < 1.29 is 9.18 Å². The number of nitrogens with one attached hydrogen (secondary N) is 1. The Hall–Kier alpha value is -1.93. The van der Waals surface area contributed by atoms with Gasteiger partial charge >= 0.3 is 0 Å². The molecule has 0 aliphatic heterocycles. The third-order valence-electron chi connectivity index (χ3n) is 2.87. The molecule has 0 fully saturated rings. The summed E-state index contributed by atoms with van der Waals surface area (Å²) < 4.78 is 13.7. The van der Waals surface area contributed by atoms with Crippen molar-refractivity contribution in [2.75, 3.05) is 20.1 Å². The molecule has 0 saturated heterocycles. The van der Waals surface area contributed by atoms with Crippen molar-refractivity contribution in [2.24, 2.45) is 0 Å². The Kier molecular flexibility index (Phi) is 5.97. The first-order valence-corrected chi connectivity index (χ1v) is 6.23. The van der Waals surface area contributed by atoms with Crippen molar-refractivity contribution in [3.05, 3.63) is 35.1 Å². The maximum absolute atomic E-state index is 13.7.